The Labute approximate surface area is 129 Å². The summed E-state index contributed by atoms with van der Waals surface area (Å²) >= 11 is 0. The number of nitrogens with zero attached hydrogens (tertiary/aromatic N) is 3. The topological polar surface area (TPSA) is 64.2 Å². The van der Waals surface area contributed by atoms with Crippen molar-refractivity contribution in [2.24, 2.45) is 0 Å². The summed E-state index contributed by atoms with van der Waals surface area (Å²) in [5.74, 6) is 0.349. The molecule has 0 aliphatic heterocycles. The monoisotopic (exact) mass is 294 g/mol. The van der Waals surface area contributed by atoms with Crippen LogP contribution >= 0.6 is 0 Å². The van der Waals surface area contributed by atoms with Crippen molar-refractivity contribution in [3.63, 3.8) is 0 Å². The number of fused-ring (bicyclic) bond motifs is 1. The first-order chi connectivity index (χ1) is 10.7. The van der Waals surface area contributed by atoms with Gasteiger partial charge in [-0.05, 0) is 31.2 Å². The third kappa shape index (κ3) is 2.53. The average Bonchev–Trinajstić information content (AvgIpc) is 2.85. The molecule has 0 saturated heterocycles. The Morgan fingerprint density at radius 2 is 1.82 bits per heavy atom. The predicted molar refractivity (Wildman–Crippen MR) is 88.6 cm³/mol. The lowest BCUT2D eigenvalue weighted by Gasteiger charge is -2.21. The molecule has 5 heteroatoms. The Hall–Kier alpha value is -2.82. The van der Waals surface area contributed by atoms with Gasteiger partial charge in [-0.1, -0.05) is 30.3 Å². The number of benzene rings is 2. The van der Waals surface area contributed by atoms with Crippen LogP contribution in [0.25, 0.3) is 11.0 Å². The summed E-state index contributed by atoms with van der Waals surface area (Å²) in [5.41, 5.74) is 8.52. The molecule has 3 rings (SSSR count). The van der Waals surface area contributed by atoms with Crippen LogP contribution in [0.4, 0.5) is 11.6 Å². The lowest BCUT2D eigenvalue weighted by atomic mass is 10.2. The average molecular weight is 294 g/mol. The van der Waals surface area contributed by atoms with Gasteiger partial charge in [0.05, 0.1) is 11.0 Å². The number of rotatable bonds is 4. The fraction of sp³-hybridized carbons (Fsp3) is 0.176. The minimum absolute atomic E-state index is 0.0106. The van der Waals surface area contributed by atoms with Gasteiger partial charge in [0.25, 0.3) is 0 Å². The van der Waals surface area contributed by atoms with Crippen LogP contribution in [0.1, 0.15) is 6.92 Å². The van der Waals surface area contributed by atoms with Gasteiger partial charge < -0.3 is 15.2 Å². The zero-order valence-corrected chi connectivity index (χ0v) is 12.4. The van der Waals surface area contributed by atoms with Crippen molar-refractivity contribution < 1.29 is 4.79 Å². The van der Waals surface area contributed by atoms with Gasteiger partial charge in [-0.3, -0.25) is 4.79 Å². The van der Waals surface area contributed by atoms with Crippen LogP contribution in [-0.2, 0) is 11.3 Å². The SMILES string of the molecule is CCN(C(=O)Cn1c(N)nc2ccccc21)c1ccccc1. The van der Waals surface area contributed by atoms with Crippen LogP contribution in [0.5, 0.6) is 0 Å². The van der Waals surface area contributed by atoms with Gasteiger partial charge in [-0.25, -0.2) is 4.98 Å². The van der Waals surface area contributed by atoms with E-state index in [0.717, 1.165) is 16.7 Å². The summed E-state index contributed by atoms with van der Waals surface area (Å²) in [7, 11) is 0. The van der Waals surface area contributed by atoms with Crippen molar-refractivity contribution in [2.75, 3.05) is 17.2 Å². The number of imidazole rings is 1. The minimum Gasteiger partial charge on any atom is -0.369 e. The second kappa shape index (κ2) is 5.89. The second-order valence-corrected chi connectivity index (χ2v) is 5.02. The number of para-hydroxylation sites is 3. The van der Waals surface area contributed by atoms with E-state index in [-0.39, 0.29) is 12.5 Å². The Morgan fingerprint density at radius 1 is 1.14 bits per heavy atom. The van der Waals surface area contributed by atoms with E-state index < -0.39 is 0 Å². The van der Waals surface area contributed by atoms with Crippen LogP contribution in [0.15, 0.2) is 54.6 Å². The van der Waals surface area contributed by atoms with Crippen molar-refractivity contribution in [3.8, 4) is 0 Å². The smallest absolute Gasteiger partial charge is 0.247 e. The van der Waals surface area contributed by atoms with Crippen molar-refractivity contribution in [1.29, 1.82) is 0 Å². The highest BCUT2D eigenvalue weighted by Crippen LogP contribution is 2.19. The Balaban J connectivity index is 1.91. The Kier molecular flexibility index (Phi) is 3.78. The van der Waals surface area contributed by atoms with E-state index in [1.807, 2.05) is 61.5 Å². The van der Waals surface area contributed by atoms with Crippen molar-refractivity contribution in [3.05, 3.63) is 54.6 Å². The number of hydrogen-bond acceptors (Lipinski definition) is 3. The maximum atomic E-state index is 12.7. The van der Waals surface area contributed by atoms with E-state index in [1.165, 1.54) is 0 Å². The minimum atomic E-state index is -0.0106. The molecule has 112 valence electrons. The summed E-state index contributed by atoms with van der Waals surface area (Å²) in [6.45, 7) is 2.74. The Bertz CT molecular complexity index is 795. The molecule has 0 aliphatic carbocycles. The van der Waals surface area contributed by atoms with Crippen molar-refractivity contribution >= 4 is 28.6 Å². The summed E-state index contributed by atoms with van der Waals surface area (Å²) in [6, 6.07) is 17.3. The van der Waals surface area contributed by atoms with Crippen LogP contribution in [0.2, 0.25) is 0 Å². The molecular weight excluding hydrogens is 276 g/mol. The van der Waals surface area contributed by atoms with Crippen LogP contribution in [-0.4, -0.2) is 22.0 Å². The van der Waals surface area contributed by atoms with Gasteiger partial charge in [0.2, 0.25) is 11.9 Å². The highest BCUT2D eigenvalue weighted by Gasteiger charge is 2.17. The first-order valence-corrected chi connectivity index (χ1v) is 7.27. The number of likely N-dealkylation sites (N-methyl/N-ethyl adjacent to an activating group) is 1. The standard InChI is InChI=1S/C17H18N4O/c1-2-20(13-8-4-3-5-9-13)16(22)12-21-15-11-7-6-10-14(15)19-17(21)18/h3-11H,2,12H2,1H3,(H2,18,19). The molecule has 0 aliphatic rings. The molecule has 0 radical (unpaired) electrons. The predicted octanol–water partition coefficient (Wildman–Crippen LogP) is 2.67. The van der Waals surface area contributed by atoms with Gasteiger partial charge in [-0.2, -0.15) is 0 Å². The number of amides is 1. The maximum absolute atomic E-state index is 12.7. The molecule has 1 amide bonds. The lowest BCUT2D eigenvalue weighted by Crippen LogP contribution is -2.33. The highest BCUT2D eigenvalue weighted by molar-refractivity contribution is 5.94. The number of hydrogen-bond donors (Lipinski definition) is 1. The maximum Gasteiger partial charge on any atom is 0.247 e. The zero-order valence-electron chi connectivity index (χ0n) is 12.4. The number of nitrogens with two attached hydrogens (primary N) is 1. The van der Waals surface area contributed by atoms with E-state index in [4.69, 9.17) is 5.73 Å². The molecule has 0 saturated carbocycles. The summed E-state index contributed by atoms with van der Waals surface area (Å²) in [6.07, 6.45) is 0. The molecule has 1 aromatic heterocycles. The van der Waals surface area contributed by atoms with Gasteiger partial charge in [-0.15, -0.1) is 0 Å². The quantitative estimate of drug-likeness (QED) is 0.804. The first kappa shape index (κ1) is 14.1. The summed E-state index contributed by atoms with van der Waals surface area (Å²) in [5, 5.41) is 0. The third-order valence-electron chi connectivity index (χ3n) is 3.66. The molecule has 0 atom stereocenters. The number of carbonyl (C=O) groups excluding carboxylic acids is 1. The van der Waals surface area contributed by atoms with E-state index >= 15 is 0 Å². The van der Waals surface area contributed by atoms with Gasteiger partial charge in [0.15, 0.2) is 0 Å². The van der Waals surface area contributed by atoms with Gasteiger partial charge >= 0.3 is 0 Å². The number of carbonyl (C=O) groups is 1. The molecule has 2 N–H and O–H groups in total. The molecular formula is C17H18N4O. The van der Waals surface area contributed by atoms with Gasteiger partial charge in [0, 0.05) is 12.2 Å². The lowest BCUT2D eigenvalue weighted by molar-refractivity contribution is -0.119. The number of anilines is 2. The molecule has 2 aromatic carbocycles. The molecule has 0 fully saturated rings. The van der Waals surface area contributed by atoms with Crippen LogP contribution in [0, 0.1) is 0 Å². The Morgan fingerprint density at radius 3 is 2.55 bits per heavy atom. The van der Waals surface area contributed by atoms with Crippen molar-refractivity contribution in [1.82, 2.24) is 9.55 Å². The molecule has 1 heterocycles. The van der Waals surface area contributed by atoms with E-state index in [2.05, 4.69) is 4.98 Å². The highest BCUT2D eigenvalue weighted by atomic mass is 16.2. The van der Waals surface area contributed by atoms with Crippen LogP contribution in [0.3, 0.4) is 0 Å². The largest absolute Gasteiger partial charge is 0.369 e. The summed E-state index contributed by atoms with van der Waals surface area (Å²) < 4.78 is 1.75. The molecule has 0 spiro atoms. The van der Waals surface area contributed by atoms with E-state index in [0.29, 0.717) is 12.5 Å². The summed E-state index contributed by atoms with van der Waals surface area (Å²) in [4.78, 5) is 18.7. The fourth-order valence-electron chi connectivity index (χ4n) is 2.59. The van der Waals surface area contributed by atoms with Crippen molar-refractivity contribution in [2.45, 2.75) is 13.5 Å². The normalized spacial score (nSPS) is 10.8. The molecule has 3 aromatic rings. The second-order valence-electron chi connectivity index (χ2n) is 5.02. The third-order valence-corrected chi connectivity index (χ3v) is 3.66. The first-order valence-electron chi connectivity index (χ1n) is 7.27. The molecule has 0 bridgehead atoms. The van der Waals surface area contributed by atoms with E-state index in [1.54, 1.807) is 9.47 Å². The number of nitrogen functional groups attached to an aromatic ring is 1. The zero-order chi connectivity index (χ0) is 15.5. The van der Waals surface area contributed by atoms with E-state index in [9.17, 15) is 4.79 Å². The fourth-order valence-corrected chi connectivity index (χ4v) is 2.59. The molecule has 5 nitrogen and oxygen atoms in total. The van der Waals surface area contributed by atoms with Crippen LogP contribution < -0.4 is 10.6 Å². The molecule has 0 unspecified atom stereocenters. The number of aromatic nitrogens is 2. The van der Waals surface area contributed by atoms with Gasteiger partial charge in [0.1, 0.15) is 6.54 Å². The molecule has 22 heavy (non-hydrogen) atoms.